The lowest BCUT2D eigenvalue weighted by atomic mass is 9.92. The van der Waals surface area contributed by atoms with E-state index in [1.807, 2.05) is 23.6 Å². The molecule has 0 aromatic carbocycles. The minimum absolute atomic E-state index is 0.410. The molecule has 1 amide bonds. The maximum Gasteiger partial charge on any atom is 0.242 e. The van der Waals surface area contributed by atoms with E-state index in [2.05, 4.69) is 10.3 Å². The summed E-state index contributed by atoms with van der Waals surface area (Å²) in [4.78, 5) is 16.9. The van der Waals surface area contributed by atoms with Gasteiger partial charge in [-0.3, -0.25) is 15.1 Å². The van der Waals surface area contributed by atoms with E-state index in [9.17, 15) is 4.79 Å². The van der Waals surface area contributed by atoms with Crippen molar-refractivity contribution in [3.63, 3.8) is 0 Å². The van der Waals surface area contributed by atoms with Crippen LogP contribution in [0.15, 0.2) is 42.0 Å². The Morgan fingerprint density at radius 2 is 2.33 bits per heavy atom. The Labute approximate surface area is 110 Å². The molecule has 2 aromatic heterocycles. The van der Waals surface area contributed by atoms with Crippen molar-refractivity contribution in [3.8, 4) is 0 Å². The molecule has 0 spiro atoms. The Hall–Kier alpha value is -1.72. The van der Waals surface area contributed by atoms with Gasteiger partial charge in [-0.2, -0.15) is 0 Å². The van der Waals surface area contributed by atoms with Crippen molar-refractivity contribution in [3.05, 3.63) is 52.5 Å². The van der Waals surface area contributed by atoms with Crippen LogP contribution >= 0.6 is 11.3 Å². The molecular formula is C13H15N3OS. The van der Waals surface area contributed by atoms with E-state index < -0.39 is 11.4 Å². The molecule has 0 aliphatic heterocycles. The van der Waals surface area contributed by atoms with Crippen molar-refractivity contribution in [2.24, 2.45) is 5.73 Å². The molecule has 0 bridgehead atoms. The van der Waals surface area contributed by atoms with Crippen LogP contribution in [0.4, 0.5) is 0 Å². The number of rotatable bonds is 5. The van der Waals surface area contributed by atoms with Crippen LogP contribution in [0, 0.1) is 0 Å². The van der Waals surface area contributed by atoms with Gasteiger partial charge >= 0.3 is 0 Å². The minimum Gasteiger partial charge on any atom is -0.368 e. The van der Waals surface area contributed by atoms with E-state index in [0.29, 0.717) is 6.54 Å². The smallest absolute Gasteiger partial charge is 0.242 e. The van der Waals surface area contributed by atoms with Crippen LogP contribution in [0.2, 0.25) is 0 Å². The third-order valence-electron chi connectivity index (χ3n) is 2.93. The minimum atomic E-state index is -0.905. The molecule has 0 aliphatic carbocycles. The van der Waals surface area contributed by atoms with Crippen LogP contribution in [0.25, 0.3) is 0 Å². The second-order valence-electron chi connectivity index (χ2n) is 4.16. The first-order valence-electron chi connectivity index (χ1n) is 5.61. The number of nitrogens with one attached hydrogen (secondary N) is 1. The molecule has 18 heavy (non-hydrogen) atoms. The van der Waals surface area contributed by atoms with Crippen LogP contribution in [0.1, 0.15) is 17.4 Å². The molecule has 2 rings (SSSR count). The number of aromatic nitrogens is 1. The fraction of sp³-hybridized carbons (Fsp3) is 0.231. The predicted octanol–water partition coefficient (Wildman–Crippen LogP) is 1.63. The number of pyridine rings is 1. The van der Waals surface area contributed by atoms with Gasteiger partial charge < -0.3 is 5.73 Å². The molecule has 0 aliphatic rings. The third kappa shape index (κ3) is 2.57. The molecule has 0 saturated carbocycles. The average Bonchev–Trinajstić information content (AvgIpc) is 2.90. The molecule has 2 heterocycles. The van der Waals surface area contributed by atoms with Crippen molar-refractivity contribution < 1.29 is 4.79 Å². The van der Waals surface area contributed by atoms with Gasteiger partial charge in [-0.1, -0.05) is 12.1 Å². The van der Waals surface area contributed by atoms with Gasteiger partial charge in [0, 0.05) is 23.8 Å². The summed E-state index contributed by atoms with van der Waals surface area (Å²) in [5, 5.41) is 5.21. The highest BCUT2D eigenvalue weighted by atomic mass is 32.1. The predicted molar refractivity (Wildman–Crippen MR) is 71.9 cm³/mol. The number of thiophene rings is 1. The topological polar surface area (TPSA) is 68.0 Å². The molecule has 5 heteroatoms. The summed E-state index contributed by atoms with van der Waals surface area (Å²) >= 11 is 1.64. The van der Waals surface area contributed by atoms with Gasteiger partial charge in [0.1, 0.15) is 5.54 Å². The maximum atomic E-state index is 11.7. The van der Waals surface area contributed by atoms with E-state index in [4.69, 9.17) is 5.73 Å². The van der Waals surface area contributed by atoms with Crippen LogP contribution in [-0.2, 0) is 16.9 Å². The molecule has 0 radical (unpaired) electrons. The van der Waals surface area contributed by atoms with Gasteiger partial charge in [0.2, 0.25) is 5.91 Å². The van der Waals surface area contributed by atoms with Crippen LogP contribution in [-0.4, -0.2) is 10.9 Å². The zero-order valence-electron chi connectivity index (χ0n) is 10.1. The number of hydrogen-bond donors (Lipinski definition) is 2. The van der Waals surface area contributed by atoms with Gasteiger partial charge in [0.15, 0.2) is 0 Å². The quantitative estimate of drug-likeness (QED) is 0.859. The molecule has 94 valence electrons. The van der Waals surface area contributed by atoms with E-state index in [1.165, 1.54) is 0 Å². The van der Waals surface area contributed by atoms with Crippen molar-refractivity contribution in [1.29, 1.82) is 0 Å². The lowest BCUT2D eigenvalue weighted by Crippen LogP contribution is -2.50. The number of nitrogens with two attached hydrogens (primary N) is 1. The van der Waals surface area contributed by atoms with Crippen LogP contribution in [0.5, 0.6) is 0 Å². The molecule has 1 atom stereocenters. The Morgan fingerprint density at radius 3 is 2.89 bits per heavy atom. The monoisotopic (exact) mass is 261 g/mol. The van der Waals surface area contributed by atoms with E-state index in [-0.39, 0.29) is 0 Å². The lowest BCUT2D eigenvalue weighted by Gasteiger charge is -2.27. The van der Waals surface area contributed by atoms with Crippen LogP contribution in [0.3, 0.4) is 0 Å². The van der Waals surface area contributed by atoms with Crippen molar-refractivity contribution in [2.75, 3.05) is 0 Å². The third-order valence-corrected chi connectivity index (χ3v) is 3.80. The Balaban J connectivity index is 2.20. The number of hydrogen-bond acceptors (Lipinski definition) is 4. The summed E-state index contributed by atoms with van der Waals surface area (Å²) < 4.78 is 0. The fourth-order valence-electron chi connectivity index (χ4n) is 1.67. The molecule has 0 fully saturated rings. The molecule has 2 aromatic rings. The number of nitrogens with zero attached hydrogens (tertiary/aromatic N) is 1. The zero-order valence-corrected chi connectivity index (χ0v) is 10.9. The molecule has 3 N–H and O–H groups in total. The molecule has 1 unspecified atom stereocenters. The van der Waals surface area contributed by atoms with E-state index >= 15 is 0 Å². The number of primary amides is 1. The molecular weight excluding hydrogens is 246 g/mol. The van der Waals surface area contributed by atoms with E-state index in [0.717, 1.165) is 10.4 Å². The molecule has 0 saturated heterocycles. The standard InChI is InChI=1S/C13H15N3OS/c1-13(12(14)17,10-4-2-6-15-8-10)16-9-11-5-3-7-18-11/h2-8,16H,9H2,1H3,(H2,14,17). The highest BCUT2D eigenvalue weighted by molar-refractivity contribution is 7.09. The molecule has 4 nitrogen and oxygen atoms in total. The van der Waals surface area contributed by atoms with Gasteiger partial charge in [0.05, 0.1) is 0 Å². The van der Waals surface area contributed by atoms with Crippen LogP contribution < -0.4 is 11.1 Å². The lowest BCUT2D eigenvalue weighted by molar-refractivity contribution is -0.124. The highest BCUT2D eigenvalue weighted by Gasteiger charge is 2.32. The van der Waals surface area contributed by atoms with Gasteiger partial charge in [0.25, 0.3) is 0 Å². The Morgan fingerprint density at radius 1 is 1.50 bits per heavy atom. The first-order chi connectivity index (χ1) is 8.63. The first kappa shape index (κ1) is 12.7. The van der Waals surface area contributed by atoms with Gasteiger partial charge in [-0.25, -0.2) is 0 Å². The van der Waals surface area contributed by atoms with Crippen molar-refractivity contribution >= 4 is 17.2 Å². The SMILES string of the molecule is CC(NCc1cccs1)(C(N)=O)c1cccnc1. The summed E-state index contributed by atoms with van der Waals surface area (Å²) in [5.41, 5.74) is 5.38. The normalized spacial score (nSPS) is 14.1. The first-order valence-corrected chi connectivity index (χ1v) is 6.49. The van der Waals surface area contributed by atoms with E-state index in [1.54, 1.807) is 36.7 Å². The fourth-order valence-corrected chi connectivity index (χ4v) is 2.31. The summed E-state index contributed by atoms with van der Waals surface area (Å²) in [5.74, 6) is -0.410. The second-order valence-corrected chi connectivity index (χ2v) is 5.20. The highest BCUT2D eigenvalue weighted by Crippen LogP contribution is 2.20. The zero-order chi connectivity index (χ0) is 13.0. The van der Waals surface area contributed by atoms with Crippen molar-refractivity contribution in [1.82, 2.24) is 10.3 Å². The number of carbonyl (C=O) groups is 1. The summed E-state index contributed by atoms with van der Waals surface area (Å²) in [7, 11) is 0. The number of amides is 1. The Bertz CT molecular complexity index is 512. The summed E-state index contributed by atoms with van der Waals surface area (Å²) in [6.07, 6.45) is 3.33. The number of carbonyl (C=O) groups excluding carboxylic acids is 1. The second kappa shape index (κ2) is 5.29. The largest absolute Gasteiger partial charge is 0.368 e. The van der Waals surface area contributed by atoms with Crippen molar-refractivity contribution in [2.45, 2.75) is 19.0 Å². The summed E-state index contributed by atoms with van der Waals surface area (Å²) in [6, 6.07) is 7.64. The maximum absolute atomic E-state index is 11.7. The van der Waals surface area contributed by atoms with Gasteiger partial charge in [-0.15, -0.1) is 11.3 Å². The Kier molecular flexibility index (Phi) is 3.74. The average molecular weight is 261 g/mol. The summed E-state index contributed by atoms with van der Waals surface area (Å²) in [6.45, 7) is 2.38. The van der Waals surface area contributed by atoms with Gasteiger partial charge in [-0.05, 0) is 30.0 Å².